The summed E-state index contributed by atoms with van der Waals surface area (Å²) >= 11 is 0. The van der Waals surface area contributed by atoms with Crippen molar-refractivity contribution >= 4 is 17.3 Å². The summed E-state index contributed by atoms with van der Waals surface area (Å²) in [6, 6.07) is 12.6. The minimum atomic E-state index is -0.646. The third-order valence-electron chi connectivity index (χ3n) is 3.25. The van der Waals surface area contributed by atoms with E-state index in [1.807, 2.05) is 31.2 Å². The van der Waals surface area contributed by atoms with Gasteiger partial charge >= 0.3 is 0 Å². The van der Waals surface area contributed by atoms with Gasteiger partial charge in [0.2, 0.25) is 0 Å². The molecule has 0 spiro atoms. The van der Waals surface area contributed by atoms with Gasteiger partial charge in [-0.15, -0.1) is 0 Å². The van der Waals surface area contributed by atoms with Gasteiger partial charge in [-0.05, 0) is 43.7 Å². The van der Waals surface area contributed by atoms with Crippen molar-refractivity contribution in [3.8, 4) is 11.5 Å². The van der Waals surface area contributed by atoms with E-state index in [0.717, 1.165) is 5.56 Å². The van der Waals surface area contributed by atoms with Gasteiger partial charge in [0.15, 0.2) is 6.10 Å². The molecule has 2 rings (SSSR count). The summed E-state index contributed by atoms with van der Waals surface area (Å²) in [4.78, 5) is 12.3. The summed E-state index contributed by atoms with van der Waals surface area (Å²) < 4.78 is 10.9. The number of hydrogen-bond acceptors (Lipinski definition) is 4. The lowest BCUT2D eigenvalue weighted by molar-refractivity contribution is -0.122. The van der Waals surface area contributed by atoms with Crippen molar-refractivity contribution in [3.05, 3.63) is 48.0 Å². The van der Waals surface area contributed by atoms with Crippen LogP contribution in [0, 0.1) is 6.92 Å². The molecule has 116 valence electrons. The third-order valence-corrected chi connectivity index (χ3v) is 3.25. The van der Waals surface area contributed by atoms with Gasteiger partial charge < -0.3 is 20.5 Å². The van der Waals surface area contributed by atoms with Crippen LogP contribution >= 0.6 is 0 Å². The fourth-order valence-electron chi connectivity index (χ4n) is 1.99. The molecule has 0 saturated heterocycles. The number of rotatable bonds is 5. The molecule has 0 unspecified atom stereocenters. The van der Waals surface area contributed by atoms with E-state index in [1.165, 1.54) is 7.11 Å². The lowest BCUT2D eigenvalue weighted by atomic mass is 10.2. The Kier molecular flexibility index (Phi) is 4.88. The molecule has 5 heteroatoms. The molecule has 0 aromatic heterocycles. The van der Waals surface area contributed by atoms with E-state index in [9.17, 15) is 4.79 Å². The molecule has 2 aromatic carbocycles. The molecule has 0 heterocycles. The first-order valence-corrected chi connectivity index (χ1v) is 6.98. The van der Waals surface area contributed by atoms with Crippen LogP contribution in [0.4, 0.5) is 11.4 Å². The molecule has 0 aliphatic heterocycles. The molecule has 22 heavy (non-hydrogen) atoms. The van der Waals surface area contributed by atoms with E-state index < -0.39 is 6.10 Å². The maximum absolute atomic E-state index is 12.3. The number of carbonyl (C=O) groups excluding carboxylic acids is 1. The van der Waals surface area contributed by atoms with E-state index in [1.54, 1.807) is 25.1 Å². The van der Waals surface area contributed by atoms with Crippen LogP contribution in [0.2, 0.25) is 0 Å². The van der Waals surface area contributed by atoms with Gasteiger partial charge in [0.25, 0.3) is 5.91 Å². The van der Waals surface area contributed by atoms with Crippen LogP contribution in [-0.2, 0) is 4.79 Å². The van der Waals surface area contributed by atoms with Crippen LogP contribution in [0.5, 0.6) is 11.5 Å². The number of carbonyl (C=O) groups is 1. The highest BCUT2D eigenvalue weighted by Crippen LogP contribution is 2.27. The normalized spacial score (nSPS) is 11.6. The number of methoxy groups -OCH3 is 1. The van der Waals surface area contributed by atoms with E-state index in [-0.39, 0.29) is 5.91 Å². The summed E-state index contributed by atoms with van der Waals surface area (Å²) in [6.45, 7) is 3.63. The first-order valence-electron chi connectivity index (χ1n) is 6.98. The fourth-order valence-corrected chi connectivity index (χ4v) is 1.99. The number of hydrogen-bond donors (Lipinski definition) is 2. The number of nitrogens with two attached hydrogens (primary N) is 1. The Morgan fingerprint density at radius 1 is 1.18 bits per heavy atom. The second-order valence-electron chi connectivity index (χ2n) is 4.97. The highest BCUT2D eigenvalue weighted by Gasteiger charge is 2.17. The minimum absolute atomic E-state index is 0.271. The monoisotopic (exact) mass is 300 g/mol. The summed E-state index contributed by atoms with van der Waals surface area (Å²) in [7, 11) is 1.54. The molecule has 2 aromatic rings. The fraction of sp³-hybridized carbons (Fsp3) is 0.235. The molecule has 0 aliphatic carbocycles. The highest BCUT2D eigenvalue weighted by atomic mass is 16.5. The molecule has 3 N–H and O–H groups in total. The number of anilines is 2. The predicted molar refractivity (Wildman–Crippen MR) is 87.3 cm³/mol. The lowest BCUT2D eigenvalue weighted by Gasteiger charge is -2.17. The predicted octanol–water partition coefficient (Wildman–Crippen LogP) is 2.99. The van der Waals surface area contributed by atoms with Gasteiger partial charge in [-0.1, -0.05) is 18.2 Å². The Balaban J connectivity index is 2.09. The second kappa shape index (κ2) is 6.85. The number of para-hydroxylation sites is 1. The van der Waals surface area contributed by atoms with Gasteiger partial charge in [0.05, 0.1) is 12.8 Å². The Labute approximate surface area is 130 Å². The van der Waals surface area contributed by atoms with Crippen LogP contribution in [0.15, 0.2) is 42.5 Å². The summed E-state index contributed by atoms with van der Waals surface area (Å²) in [5.74, 6) is 0.961. The number of ether oxygens (including phenoxy) is 2. The number of amides is 1. The molecule has 0 saturated carbocycles. The number of benzene rings is 2. The number of nitrogens with one attached hydrogen (secondary N) is 1. The van der Waals surface area contributed by atoms with E-state index in [4.69, 9.17) is 15.2 Å². The van der Waals surface area contributed by atoms with Gasteiger partial charge in [0, 0.05) is 5.69 Å². The Hall–Kier alpha value is -2.69. The molecular weight excluding hydrogens is 280 g/mol. The summed E-state index contributed by atoms with van der Waals surface area (Å²) in [6.07, 6.45) is -0.646. The first kappa shape index (κ1) is 15.7. The van der Waals surface area contributed by atoms with Crippen molar-refractivity contribution < 1.29 is 14.3 Å². The second-order valence-corrected chi connectivity index (χ2v) is 4.97. The van der Waals surface area contributed by atoms with E-state index in [0.29, 0.717) is 22.9 Å². The smallest absolute Gasteiger partial charge is 0.265 e. The average molecular weight is 300 g/mol. The quantitative estimate of drug-likeness (QED) is 0.833. The summed E-state index contributed by atoms with van der Waals surface area (Å²) in [5.41, 5.74) is 7.78. The van der Waals surface area contributed by atoms with Crippen LogP contribution in [0.1, 0.15) is 12.5 Å². The summed E-state index contributed by atoms with van der Waals surface area (Å²) in [5, 5.41) is 2.77. The molecule has 0 aliphatic rings. The maximum atomic E-state index is 12.3. The zero-order valence-corrected chi connectivity index (χ0v) is 12.9. The number of nitrogen functional groups attached to an aromatic ring is 1. The van der Waals surface area contributed by atoms with Gasteiger partial charge in [0.1, 0.15) is 11.5 Å². The third kappa shape index (κ3) is 3.69. The molecule has 0 fully saturated rings. The van der Waals surface area contributed by atoms with E-state index >= 15 is 0 Å². The van der Waals surface area contributed by atoms with Crippen molar-refractivity contribution in [1.82, 2.24) is 0 Å². The first-order chi connectivity index (χ1) is 10.5. The number of aryl methyl sites for hydroxylation is 1. The van der Waals surface area contributed by atoms with Crippen molar-refractivity contribution in [2.24, 2.45) is 0 Å². The zero-order chi connectivity index (χ0) is 16.1. The molecular formula is C17H20N2O3. The molecule has 0 bridgehead atoms. The molecule has 1 atom stereocenters. The Morgan fingerprint density at radius 2 is 1.91 bits per heavy atom. The Bertz CT molecular complexity index is 671. The molecule has 5 nitrogen and oxygen atoms in total. The zero-order valence-electron chi connectivity index (χ0n) is 12.9. The molecule has 1 amide bonds. The van der Waals surface area contributed by atoms with Gasteiger partial charge in [-0.3, -0.25) is 4.79 Å². The average Bonchev–Trinajstić information content (AvgIpc) is 2.49. The minimum Gasteiger partial charge on any atom is -0.495 e. The Morgan fingerprint density at radius 3 is 2.59 bits per heavy atom. The molecule has 0 radical (unpaired) electrons. The van der Waals surface area contributed by atoms with Gasteiger partial charge in [-0.2, -0.15) is 0 Å². The van der Waals surface area contributed by atoms with Crippen molar-refractivity contribution in [2.75, 3.05) is 18.2 Å². The standard InChI is InChI=1S/C17H20N2O3/c1-11-6-4-5-7-15(11)22-12(2)17(20)19-14-10-13(18)8-9-16(14)21-3/h4-10,12H,18H2,1-3H3,(H,19,20)/t12-/m1/s1. The highest BCUT2D eigenvalue weighted by molar-refractivity contribution is 5.95. The van der Waals surface area contributed by atoms with Gasteiger partial charge in [-0.25, -0.2) is 0 Å². The van der Waals surface area contributed by atoms with Crippen molar-refractivity contribution in [1.29, 1.82) is 0 Å². The largest absolute Gasteiger partial charge is 0.495 e. The lowest BCUT2D eigenvalue weighted by Crippen LogP contribution is -2.30. The van der Waals surface area contributed by atoms with Crippen LogP contribution < -0.4 is 20.5 Å². The van der Waals surface area contributed by atoms with Crippen LogP contribution in [0.25, 0.3) is 0 Å². The van der Waals surface area contributed by atoms with E-state index in [2.05, 4.69) is 5.32 Å². The van der Waals surface area contributed by atoms with Crippen molar-refractivity contribution in [3.63, 3.8) is 0 Å². The van der Waals surface area contributed by atoms with Crippen molar-refractivity contribution in [2.45, 2.75) is 20.0 Å². The SMILES string of the molecule is COc1ccc(N)cc1NC(=O)[C@@H](C)Oc1ccccc1C. The van der Waals surface area contributed by atoms with Crippen LogP contribution in [-0.4, -0.2) is 19.1 Å². The topological polar surface area (TPSA) is 73.6 Å². The maximum Gasteiger partial charge on any atom is 0.265 e. The van der Waals surface area contributed by atoms with Crippen LogP contribution in [0.3, 0.4) is 0 Å².